The van der Waals surface area contributed by atoms with Crippen molar-refractivity contribution in [2.45, 2.75) is 6.18 Å². The normalized spacial score (nSPS) is 14.6. The maximum atomic E-state index is 12.6. The second kappa shape index (κ2) is 8.73. The highest BCUT2D eigenvalue weighted by Crippen LogP contribution is 2.29. The van der Waals surface area contributed by atoms with Crippen molar-refractivity contribution in [1.29, 1.82) is 0 Å². The van der Waals surface area contributed by atoms with Crippen LogP contribution in [0.25, 0.3) is 0 Å². The maximum Gasteiger partial charge on any atom is 0.416 e. The maximum absolute atomic E-state index is 12.6. The Morgan fingerprint density at radius 1 is 0.897 bits per heavy atom. The number of carbonyl (C=O) groups excluding carboxylic acids is 2. The number of ether oxygens (including phenoxy) is 1. The van der Waals surface area contributed by atoms with Gasteiger partial charge in [0.2, 0.25) is 0 Å². The minimum Gasteiger partial charge on any atom is -0.484 e. The van der Waals surface area contributed by atoms with Crippen molar-refractivity contribution < 1.29 is 27.5 Å². The van der Waals surface area contributed by atoms with Crippen LogP contribution in [0.1, 0.15) is 15.9 Å². The van der Waals surface area contributed by atoms with E-state index in [0.717, 1.165) is 12.1 Å². The average Bonchev–Trinajstić information content (AvgIpc) is 2.72. The third-order valence-corrected chi connectivity index (χ3v) is 4.81. The van der Waals surface area contributed by atoms with Gasteiger partial charge < -0.3 is 14.5 Å². The molecule has 0 atom stereocenters. The first-order chi connectivity index (χ1) is 13.7. The Balaban J connectivity index is 1.49. The molecule has 0 aromatic heterocycles. The van der Waals surface area contributed by atoms with E-state index in [1.165, 1.54) is 17.0 Å². The number of carbonyl (C=O) groups is 2. The molecule has 0 saturated carbocycles. The molecule has 1 fully saturated rings. The fraction of sp³-hybridized carbons (Fsp3) is 0.300. The molecule has 2 amide bonds. The first kappa shape index (κ1) is 21.0. The molecule has 0 radical (unpaired) electrons. The monoisotopic (exact) mass is 426 g/mol. The Morgan fingerprint density at radius 2 is 1.45 bits per heavy atom. The Morgan fingerprint density at radius 3 is 2.00 bits per heavy atom. The Hall–Kier alpha value is -2.74. The van der Waals surface area contributed by atoms with Crippen LogP contribution in [-0.2, 0) is 11.0 Å². The van der Waals surface area contributed by atoms with Gasteiger partial charge in [-0.3, -0.25) is 9.59 Å². The number of hydrogen-bond donors (Lipinski definition) is 0. The second-order valence-corrected chi connectivity index (χ2v) is 6.93. The molecule has 154 valence electrons. The van der Waals surface area contributed by atoms with Gasteiger partial charge in [-0.25, -0.2) is 0 Å². The molecule has 0 bridgehead atoms. The van der Waals surface area contributed by atoms with Crippen LogP contribution in [-0.4, -0.2) is 54.4 Å². The largest absolute Gasteiger partial charge is 0.484 e. The first-order valence-corrected chi connectivity index (χ1v) is 9.24. The zero-order valence-electron chi connectivity index (χ0n) is 15.3. The first-order valence-electron chi connectivity index (χ1n) is 8.87. The number of piperazine rings is 1. The van der Waals surface area contributed by atoms with Gasteiger partial charge in [-0.2, -0.15) is 13.2 Å². The fourth-order valence-corrected chi connectivity index (χ4v) is 3.04. The SMILES string of the molecule is O=C(COc1ccc(Cl)cc1)N1CCN(C(=O)c2ccc(C(F)(F)F)cc2)CC1. The predicted octanol–water partition coefficient (Wildman–Crippen LogP) is 3.72. The van der Waals surface area contributed by atoms with Crippen LogP contribution >= 0.6 is 11.6 Å². The van der Waals surface area contributed by atoms with E-state index in [0.29, 0.717) is 37.0 Å². The highest BCUT2D eigenvalue weighted by atomic mass is 35.5. The molecule has 0 aliphatic carbocycles. The van der Waals surface area contributed by atoms with E-state index in [1.54, 1.807) is 29.2 Å². The third-order valence-electron chi connectivity index (χ3n) is 4.55. The minimum absolute atomic E-state index is 0.130. The number of alkyl halides is 3. The molecule has 29 heavy (non-hydrogen) atoms. The summed E-state index contributed by atoms with van der Waals surface area (Å²) in [5, 5.41) is 0.567. The summed E-state index contributed by atoms with van der Waals surface area (Å²) in [6.45, 7) is 1.12. The zero-order valence-corrected chi connectivity index (χ0v) is 16.0. The summed E-state index contributed by atoms with van der Waals surface area (Å²) in [7, 11) is 0. The molecule has 0 N–H and O–H groups in total. The predicted molar refractivity (Wildman–Crippen MR) is 101 cm³/mol. The van der Waals surface area contributed by atoms with Crippen molar-refractivity contribution in [3.8, 4) is 5.75 Å². The highest BCUT2D eigenvalue weighted by molar-refractivity contribution is 6.30. The number of hydrogen-bond acceptors (Lipinski definition) is 3. The summed E-state index contributed by atoms with van der Waals surface area (Å²) in [4.78, 5) is 27.9. The summed E-state index contributed by atoms with van der Waals surface area (Å²) < 4.78 is 43.3. The van der Waals surface area contributed by atoms with E-state index in [1.807, 2.05) is 0 Å². The van der Waals surface area contributed by atoms with Gasteiger partial charge in [0.15, 0.2) is 6.61 Å². The van der Waals surface area contributed by atoms with Gasteiger partial charge in [0.25, 0.3) is 11.8 Å². The molecule has 2 aromatic carbocycles. The molecular formula is C20H18ClF3N2O3. The van der Waals surface area contributed by atoms with Crippen LogP contribution < -0.4 is 4.74 Å². The molecule has 5 nitrogen and oxygen atoms in total. The molecule has 1 aliphatic heterocycles. The number of halogens is 4. The van der Waals surface area contributed by atoms with Gasteiger partial charge in [0.05, 0.1) is 5.56 Å². The van der Waals surface area contributed by atoms with Crippen molar-refractivity contribution in [1.82, 2.24) is 9.80 Å². The molecule has 1 saturated heterocycles. The van der Waals surface area contributed by atoms with E-state index in [4.69, 9.17) is 16.3 Å². The lowest BCUT2D eigenvalue weighted by molar-refractivity contribution is -0.137. The summed E-state index contributed by atoms with van der Waals surface area (Å²) in [6, 6.07) is 10.8. The summed E-state index contributed by atoms with van der Waals surface area (Å²) >= 11 is 5.79. The Labute approximate surface area is 170 Å². The zero-order chi connectivity index (χ0) is 21.0. The third kappa shape index (κ3) is 5.41. The van der Waals surface area contributed by atoms with Crippen molar-refractivity contribution in [2.75, 3.05) is 32.8 Å². The van der Waals surface area contributed by atoms with Gasteiger partial charge in [-0.1, -0.05) is 11.6 Å². The summed E-state index contributed by atoms with van der Waals surface area (Å²) in [5.74, 6) is -0.0383. The van der Waals surface area contributed by atoms with Gasteiger partial charge in [-0.05, 0) is 48.5 Å². The van der Waals surface area contributed by atoms with Crippen LogP contribution in [0.2, 0.25) is 5.02 Å². The molecule has 0 unspecified atom stereocenters. The highest BCUT2D eigenvalue weighted by Gasteiger charge is 2.31. The number of benzene rings is 2. The lowest BCUT2D eigenvalue weighted by atomic mass is 10.1. The van der Waals surface area contributed by atoms with Crippen LogP contribution in [0.4, 0.5) is 13.2 Å². The van der Waals surface area contributed by atoms with Crippen molar-refractivity contribution >= 4 is 23.4 Å². The van der Waals surface area contributed by atoms with Gasteiger partial charge in [-0.15, -0.1) is 0 Å². The lowest BCUT2D eigenvalue weighted by Crippen LogP contribution is -2.51. The van der Waals surface area contributed by atoms with Gasteiger partial charge in [0.1, 0.15) is 5.75 Å². The van der Waals surface area contributed by atoms with Crippen LogP contribution in [0.3, 0.4) is 0 Å². The Bertz CT molecular complexity index is 862. The van der Waals surface area contributed by atoms with Crippen molar-refractivity contribution in [3.63, 3.8) is 0 Å². The van der Waals surface area contributed by atoms with Crippen LogP contribution in [0, 0.1) is 0 Å². The molecule has 2 aromatic rings. The molecule has 1 aliphatic rings. The standard InChI is InChI=1S/C20H18ClF3N2O3/c21-16-5-7-17(8-6-16)29-13-18(27)25-9-11-26(12-10-25)19(28)14-1-3-15(4-2-14)20(22,23)24/h1-8H,9-13H2. The topological polar surface area (TPSA) is 49.9 Å². The quantitative estimate of drug-likeness (QED) is 0.748. The van der Waals surface area contributed by atoms with Crippen LogP contribution in [0.5, 0.6) is 5.75 Å². The van der Waals surface area contributed by atoms with E-state index in [9.17, 15) is 22.8 Å². The van der Waals surface area contributed by atoms with E-state index >= 15 is 0 Å². The van der Waals surface area contributed by atoms with Crippen molar-refractivity contribution in [3.05, 3.63) is 64.7 Å². The number of nitrogens with zero attached hydrogens (tertiary/aromatic N) is 2. The average molecular weight is 427 g/mol. The summed E-state index contributed by atoms with van der Waals surface area (Å²) in [5.41, 5.74) is -0.617. The molecular weight excluding hydrogens is 409 g/mol. The van der Waals surface area contributed by atoms with E-state index in [2.05, 4.69) is 0 Å². The van der Waals surface area contributed by atoms with Crippen molar-refractivity contribution in [2.24, 2.45) is 0 Å². The number of rotatable bonds is 4. The lowest BCUT2D eigenvalue weighted by Gasteiger charge is -2.34. The van der Waals surface area contributed by atoms with E-state index < -0.39 is 11.7 Å². The van der Waals surface area contributed by atoms with Gasteiger partial charge >= 0.3 is 6.18 Å². The molecule has 1 heterocycles. The minimum atomic E-state index is -4.44. The molecule has 3 rings (SSSR count). The Kier molecular flexibility index (Phi) is 6.32. The summed E-state index contributed by atoms with van der Waals surface area (Å²) in [6.07, 6.45) is -4.44. The molecule has 9 heteroatoms. The number of amides is 2. The smallest absolute Gasteiger partial charge is 0.416 e. The fourth-order valence-electron chi connectivity index (χ4n) is 2.91. The van der Waals surface area contributed by atoms with E-state index in [-0.39, 0.29) is 24.0 Å². The van der Waals surface area contributed by atoms with Crippen LogP contribution in [0.15, 0.2) is 48.5 Å². The van der Waals surface area contributed by atoms with Gasteiger partial charge in [0, 0.05) is 36.8 Å². The second-order valence-electron chi connectivity index (χ2n) is 6.49. The molecule has 0 spiro atoms.